The van der Waals surface area contributed by atoms with Gasteiger partial charge in [0.05, 0.1) is 11.7 Å². The molecule has 0 radical (unpaired) electrons. The summed E-state index contributed by atoms with van der Waals surface area (Å²) in [7, 11) is 1.59. The van der Waals surface area contributed by atoms with Crippen LogP contribution in [0.4, 0.5) is 0 Å². The zero-order valence-electron chi connectivity index (χ0n) is 9.77. The molecule has 0 aromatic carbocycles. The van der Waals surface area contributed by atoms with Crippen LogP contribution in [0.15, 0.2) is 6.33 Å². The molecule has 86 valence electrons. The molecule has 1 rings (SSSR count). The van der Waals surface area contributed by atoms with Crippen molar-refractivity contribution in [3.63, 3.8) is 0 Å². The highest BCUT2D eigenvalue weighted by molar-refractivity contribution is 4.95. The number of ether oxygens (including phenoxy) is 1. The average molecular weight is 213 g/mol. The Balaban J connectivity index is 2.76. The van der Waals surface area contributed by atoms with Gasteiger partial charge >= 0.3 is 0 Å². The van der Waals surface area contributed by atoms with Crippen LogP contribution < -0.4 is 0 Å². The molecule has 1 aromatic rings. The summed E-state index contributed by atoms with van der Waals surface area (Å²) in [4.78, 5) is 4.13. The molecule has 2 atom stereocenters. The van der Waals surface area contributed by atoms with Crippen LogP contribution in [-0.4, -0.2) is 38.7 Å². The summed E-state index contributed by atoms with van der Waals surface area (Å²) in [5.74, 6) is 0.784. The third kappa shape index (κ3) is 2.76. The molecule has 1 heterocycles. The van der Waals surface area contributed by atoms with Crippen LogP contribution in [0.25, 0.3) is 0 Å². The quantitative estimate of drug-likeness (QED) is 0.779. The van der Waals surface area contributed by atoms with Crippen molar-refractivity contribution in [1.82, 2.24) is 14.8 Å². The number of aryl methyl sites for hydroxylation is 1. The van der Waals surface area contributed by atoms with E-state index in [-0.39, 0.29) is 6.10 Å². The van der Waals surface area contributed by atoms with Gasteiger partial charge in [0.1, 0.15) is 12.2 Å². The Morgan fingerprint density at radius 1 is 1.67 bits per heavy atom. The van der Waals surface area contributed by atoms with Crippen molar-refractivity contribution in [2.45, 2.75) is 45.4 Å². The summed E-state index contributed by atoms with van der Waals surface area (Å²) in [6.07, 6.45) is 1.71. The lowest BCUT2D eigenvalue weighted by molar-refractivity contribution is -0.0730. The van der Waals surface area contributed by atoms with Gasteiger partial charge in [-0.15, -0.1) is 0 Å². The van der Waals surface area contributed by atoms with Crippen molar-refractivity contribution >= 4 is 0 Å². The minimum atomic E-state index is -0.922. The van der Waals surface area contributed by atoms with E-state index in [0.717, 1.165) is 12.4 Å². The fourth-order valence-corrected chi connectivity index (χ4v) is 1.41. The first-order valence-electron chi connectivity index (χ1n) is 5.13. The minimum absolute atomic E-state index is 0.237. The number of hydrogen-bond acceptors (Lipinski definition) is 4. The van der Waals surface area contributed by atoms with Crippen molar-refractivity contribution in [1.29, 1.82) is 0 Å². The van der Waals surface area contributed by atoms with Gasteiger partial charge < -0.3 is 9.84 Å². The fraction of sp³-hybridized carbons (Fsp3) is 0.800. The molecule has 0 aliphatic carbocycles. The maximum Gasteiger partial charge on any atom is 0.138 e. The molecule has 0 bridgehead atoms. The van der Waals surface area contributed by atoms with Crippen molar-refractivity contribution in [3.05, 3.63) is 12.2 Å². The summed E-state index contributed by atoms with van der Waals surface area (Å²) in [6.45, 7) is 6.34. The van der Waals surface area contributed by atoms with Crippen LogP contribution in [0.1, 0.15) is 26.6 Å². The molecule has 1 N–H and O–H groups in total. The van der Waals surface area contributed by atoms with Gasteiger partial charge in [-0.05, 0) is 20.8 Å². The lowest BCUT2D eigenvalue weighted by Gasteiger charge is -2.28. The standard InChI is InChI=1S/C10H19N3O2/c1-5-13-9(11-7-12-13)6-10(3,14)8(2)15-4/h7-8,14H,5-6H2,1-4H3. The number of aromatic nitrogens is 3. The van der Waals surface area contributed by atoms with Crippen molar-refractivity contribution in [2.24, 2.45) is 0 Å². The van der Waals surface area contributed by atoms with E-state index < -0.39 is 5.60 Å². The Labute approximate surface area is 90.1 Å². The average Bonchev–Trinajstić information content (AvgIpc) is 2.63. The summed E-state index contributed by atoms with van der Waals surface area (Å²) in [5.41, 5.74) is -0.922. The SMILES string of the molecule is CCn1ncnc1CC(C)(O)C(C)OC. The molecule has 0 fully saturated rings. The van der Waals surface area contributed by atoms with Crippen LogP contribution in [0.5, 0.6) is 0 Å². The van der Waals surface area contributed by atoms with E-state index >= 15 is 0 Å². The zero-order chi connectivity index (χ0) is 11.5. The Bertz CT molecular complexity index is 309. The van der Waals surface area contributed by atoms with Crippen molar-refractivity contribution in [2.75, 3.05) is 7.11 Å². The van der Waals surface area contributed by atoms with Gasteiger partial charge in [0, 0.05) is 20.1 Å². The second-order valence-corrected chi connectivity index (χ2v) is 3.90. The smallest absolute Gasteiger partial charge is 0.138 e. The predicted molar refractivity (Wildman–Crippen MR) is 56.5 cm³/mol. The predicted octanol–water partition coefficient (Wildman–Crippen LogP) is 0.626. The summed E-state index contributed by atoms with van der Waals surface area (Å²) in [6, 6.07) is 0. The Morgan fingerprint density at radius 3 is 2.87 bits per heavy atom. The molecule has 0 aliphatic heterocycles. The number of hydrogen-bond donors (Lipinski definition) is 1. The topological polar surface area (TPSA) is 60.2 Å². The van der Waals surface area contributed by atoms with E-state index in [1.807, 2.05) is 13.8 Å². The molecular weight excluding hydrogens is 194 g/mol. The first-order chi connectivity index (χ1) is 7.01. The van der Waals surface area contributed by atoms with Crippen LogP contribution in [0, 0.1) is 0 Å². The molecule has 0 aliphatic rings. The third-order valence-electron chi connectivity index (χ3n) is 2.74. The van der Waals surface area contributed by atoms with Gasteiger partial charge in [-0.1, -0.05) is 0 Å². The monoisotopic (exact) mass is 213 g/mol. The molecule has 1 aromatic heterocycles. The first-order valence-corrected chi connectivity index (χ1v) is 5.13. The summed E-state index contributed by atoms with van der Waals surface area (Å²) in [5, 5.41) is 14.2. The van der Waals surface area contributed by atoms with Crippen molar-refractivity contribution in [3.8, 4) is 0 Å². The number of aliphatic hydroxyl groups is 1. The van der Waals surface area contributed by atoms with Crippen LogP contribution in [-0.2, 0) is 17.7 Å². The molecular formula is C10H19N3O2. The normalized spacial score (nSPS) is 17.4. The molecule has 2 unspecified atom stereocenters. The van der Waals surface area contributed by atoms with Crippen LogP contribution >= 0.6 is 0 Å². The van der Waals surface area contributed by atoms with E-state index in [1.54, 1.807) is 18.7 Å². The molecule has 5 heteroatoms. The van der Waals surface area contributed by atoms with E-state index in [2.05, 4.69) is 10.1 Å². The second-order valence-electron chi connectivity index (χ2n) is 3.90. The lowest BCUT2D eigenvalue weighted by Crippen LogP contribution is -2.41. The highest BCUT2D eigenvalue weighted by Crippen LogP contribution is 2.17. The van der Waals surface area contributed by atoms with Gasteiger partial charge in [0.2, 0.25) is 0 Å². The van der Waals surface area contributed by atoms with Gasteiger partial charge in [-0.25, -0.2) is 4.98 Å². The second kappa shape index (κ2) is 4.72. The molecule has 0 saturated heterocycles. The Hall–Kier alpha value is -0.940. The number of rotatable bonds is 5. The van der Waals surface area contributed by atoms with Gasteiger partial charge in [-0.2, -0.15) is 5.10 Å². The molecule has 0 saturated carbocycles. The van der Waals surface area contributed by atoms with E-state index in [0.29, 0.717) is 6.42 Å². The molecule has 5 nitrogen and oxygen atoms in total. The zero-order valence-corrected chi connectivity index (χ0v) is 9.77. The summed E-state index contributed by atoms with van der Waals surface area (Å²) >= 11 is 0. The molecule has 0 spiro atoms. The minimum Gasteiger partial charge on any atom is -0.387 e. The maximum absolute atomic E-state index is 10.2. The first kappa shape index (κ1) is 12.1. The number of methoxy groups -OCH3 is 1. The van der Waals surface area contributed by atoms with Crippen LogP contribution in [0.3, 0.4) is 0 Å². The Morgan fingerprint density at radius 2 is 2.33 bits per heavy atom. The fourth-order valence-electron chi connectivity index (χ4n) is 1.41. The van der Waals surface area contributed by atoms with E-state index in [9.17, 15) is 5.11 Å². The van der Waals surface area contributed by atoms with Crippen LogP contribution in [0.2, 0.25) is 0 Å². The lowest BCUT2D eigenvalue weighted by atomic mass is 9.96. The molecule has 0 amide bonds. The Kier molecular flexibility index (Phi) is 3.82. The number of nitrogens with zero attached hydrogens (tertiary/aromatic N) is 3. The highest BCUT2D eigenvalue weighted by Gasteiger charge is 2.30. The van der Waals surface area contributed by atoms with Gasteiger partial charge in [0.25, 0.3) is 0 Å². The maximum atomic E-state index is 10.2. The third-order valence-corrected chi connectivity index (χ3v) is 2.74. The van der Waals surface area contributed by atoms with Gasteiger partial charge in [-0.3, -0.25) is 4.68 Å². The van der Waals surface area contributed by atoms with Gasteiger partial charge in [0.15, 0.2) is 0 Å². The van der Waals surface area contributed by atoms with Crippen molar-refractivity contribution < 1.29 is 9.84 Å². The van der Waals surface area contributed by atoms with E-state index in [1.165, 1.54) is 6.33 Å². The molecule has 15 heavy (non-hydrogen) atoms. The largest absolute Gasteiger partial charge is 0.387 e. The summed E-state index contributed by atoms with van der Waals surface area (Å²) < 4.78 is 6.90. The highest BCUT2D eigenvalue weighted by atomic mass is 16.5. The van der Waals surface area contributed by atoms with E-state index in [4.69, 9.17) is 4.74 Å².